The first-order chi connectivity index (χ1) is 13.0. The first-order valence-corrected chi connectivity index (χ1v) is 9.05. The number of para-hydroxylation sites is 2. The number of amides is 2. The van der Waals surface area contributed by atoms with Crippen LogP contribution >= 0.6 is 0 Å². The maximum absolute atomic E-state index is 12.8. The number of rotatable bonds is 6. The Bertz CT molecular complexity index is 848. The van der Waals surface area contributed by atoms with Crippen LogP contribution < -0.4 is 19.7 Å². The van der Waals surface area contributed by atoms with Gasteiger partial charge >= 0.3 is 0 Å². The normalized spacial score (nSPS) is 13.8. The Labute approximate surface area is 159 Å². The third-order valence-electron chi connectivity index (χ3n) is 4.30. The van der Waals surface area contributed by atoms with Gasteiger partial charge in [-0.05, 0) is 50.6 Å². The topological polar surface area (TPSA) is 67.9 Å². The lowest BCUT2D eigenvalue weighted by Crippen LogP contribution is -2.25. The Balaban J connectivity index is 1.83. The van der Waals surface area contributed by atoms with Crippen LogP contribution in [-0.4, -0.2) is 31.6 Å². The summed E-state index contributed by atoms with van der Waals surface area (Å²) >= 11 is 0. The Hall–Kier alpha value is -3.02. The summed E-state index contributed by atoms with van der Waals surface area (Å²) in [6.45, 7) is 4.52. The number of anilines is 2. The fourth-order valence-electron chi connectivity index (χ4n) is 3.07. The quantitative estimate of drug-likeness (QED) is 0.841. The van der Waals surface area contributed by atoms with E-state index in [0.29, 0.717) is 35.7 Å². The second kappa shape index (κ2) is 8.12. The molecule has 1 heterocycles. The molecule has 2 aromatic rings. The third kappa shape index (κ3) is 4.22. The first kappa shape index (κ1) is 18.8. The van der Waals surface area contributed by atoms with Crippen molar-refractivity contribution in [2.24, 2.45) is 0 Å². The number of ether oxygens (including phenoxy) is 2. The van der Waals surface area contributed by atoms with Crippen LogP contribution in [0.4, 0.5) is 11.4 Å². The summed E-state index contributed by atoms with van der Waals surface area (Å²) < 4.78 is 11.0. The van der Waals surface area contributed by atoms with E-state index in [-0.39, 0.29) is 17.9 Å². The van der Waals surface area contributed by atoms with Gasteiger partial charge in [-0.15, -0.1) is 0 Å². The van der Waals surface area contributed by atoms with Gasteiger partial charge in [0.1, 0.15) is 0 Å². The SMILES string of the molecule is COc1cc(C(=O)Nc2ccccc2N2CCCC2=O)ccc1OC(C)C. The predicted octanol–water partition coefficient (Wildman–Crippen LogP) is 3.86. The molecule has 6 nitrogen and oxygen atoms in total. The standard InChI is InChI=1S/C21H24N2O4/c1-14(2)27-18-11-10-15(13-19(18)26-3)21(25)22-16-7-4-5-8-17(16)23-12-6-9-20(23)24/h4-5,7-8,10-11,13-14H,6,9,12H2,1-3H3,(H,22,25). The fraction of sp³-hybridized carbons (Fsp3) is 0.333. The number of nitrogens with one attached hydrogen (secondary N) is 1. The van der Waals surface area contributed by atoms with Crippen molar-refractivity contribution in [1.82, 2.24) is 0 Å². The average Bonchev–Trinajstić information content (AvgIpc) is 3.07. The zero-order valence-corrected chi connectivity index (χ0v) is 15.8. The highest BCUT2D eigenvalue weighted by Gasteiger charge is 2.24. The van der Waals surface area contributed by atoms with Gasteiger partial charge in [0.25, 0.3) is 5.91 Å². The molecular formula is C21H24N2O4. The lowest BCUT2D eigenvalue weighted by molar-refractivity contribution is -0.117. The highest BCUT2D eigenvalue weighted by Crippen LogP contribution is 2.32. The Kier molecular flexibility index (Phi) is 5.64. The van der Waals surface area contributed by atoms with E-state index in [4.69, 9.17) is 9.47 Å². The summed E-state index contributed by atoms with van der Waals surface area (Å²) in [5.74, 6) is 0.892. The van der Waals surface area contributed by atoms with Gasteiger partial charge in [0.15, 0.2) is 11.5 Å². The van der Waals surface area contributed by atoms with Crippen LogP contribution in [0.15, 0.2) is 42.5 Å². The zero-order valence-electron chi connectivity index (χ0n) is 15.8. The van der Waals surface area contributed by atoms with E-state index >= 15 is 0 Å². The van der Waals surface area contributed by atoms with Gasteiger partial charge in [0, 0.05) is 18.5 Å². The molecule has 0 spiro atoms. The van der Waals surface area contributed by atoms with Crippen LogP contribution in [0.5, 0.6) is 11.5 Å². The van der Waals surface area contributed by atoms with Crippen LogP contribution in [0.25, 0.3) is 0 Å². The molecule has 1 N–H and O–H groups in total. The summed E-state index contributed by atoms with van der Waals surface area (Å²) in [5.41, 5.74) is 1.78. The second-order valence-electron chi connectivity index (χ2n) is 6.65. The van der Waals surface area contributed by atoms with Crippen molar-refractivity contribution in [3.05, 3.63) is 48.0 Å². The molecule has 1 aliphatic rings. The van der Waals surface area contributed by atoms with Crippen molar-refractivity contribution in [3.8, 4) is 11.5 Å². The molecule has 2 amide bonds. The Morgan fingerprint density at radius 3 is 2.59 bits per heavy atom. The number of carbonyl (C=O) groups excluding carboxylic acids is 2. The Morgan fingerprint density at radius 2 is 1.93 bits per heavy atom. The molecule has 6 heteroatoms. The van der Waals surface area contributed by atoms with Gasteiger partial charge in [-0.1, -0.05) is 12.1 Å². The Morgan fingerprint density at radius 1 is 1.15 bits per heavy atom. The summed E-state index contributed by atoms with van der Waals surface area (Å²) in [6, 6.07) is 12.4. The number of carbonyl (C=O) groups is 2. The molecule has 1 fully saturated rings. The van der Waals surface area contributed by atoms with E-state index in [0.717, 1.165) is 12.1 Å². The van der Waals surface area contributed by atoms with E-state index in [1.54, 1.807) is 36.3 Å². The monoisotopic (exact) mass is 368 g/mol. The number of benzene rings is 2. The van der Waals surface area contributed by atoms with Crippen molar-refractivity contribution < 1.29 is 19.1 Å². The third-order valence-corrected chi connectivity index (χ3v) is 4.30. The van der Waals surface area contributed by atoms with Crippen molar-refractivity contribution >= 4 is 23.2 Å². The van der Waals surface area contributed by atoms with E-state index < -0.39 is 0 Å². The molecule has 2 aromatic carbocycles. The lowest BCUT2D eigenvalue weighted by atomic mass is 10.1. The summed E-state index contributed by atoms with van der Waals surface area (Å²) in [4.78, 5) is 26.5. The van der Waals surface area contributed by atoms with Crippen LogP contribution in [0.2, 0.25) is 0 Å². The maximum atomic E-state index is 12.8. The minimum atomic E-state index is -0.275. The zero-order chi connectivity index (χ0) is 19.4. The molecule has 0 bridgehead atoms. The van der Waals surface area contributed by atoms with Crippen molar-refractivity contribution in [2.75, 3.05) is 23.9 Å². The van der Waals surface area contributed by atoms with E-state index in [1.807, 2.05) is 32.0 Å². The number of methoxy groups -OCH3 is 1. The molecule has 0 aromatic heterocycles. The van der Waals surface area contributed by atoms with Crippen molar-refractivity contribution in [2.45, 2.75) is 32.8 Å². The summed E-state index contributed by atoms with van der Waals surface area (Å²) in [6.07, 6.45) is 1.37. The first-order valence-electron chi connectivity index (χ1n) is 9.05. The molecule has 0 saturated carbocycles. The van der Waals surface area contributed by atoms with Crippen LogP contribution in [0.3, 0.4) is 0 Å². The van der Waals surface area contributed by atoms with E-state index in [9.17, 15) is 9.59 Å². The van der Waals surface area contributed by atoms with Crippen LogP contribution in [0, 0.1) is 0 Å². The molecule has 0 atom stereocenters. The van der Waals surface area contributed by atoms with Gasteiger partial charge in [-0.3, -0.25) is 9.59 Å². The second-order valence-corrected chi connectivity index (χ2v) is 6.65. The predicted molar refractivity (Wildman–Crippen MR) is 105 cm³/mol. The highest BCUT2D eigenvalue weighted by atomic mass is 16.5. The van der Waals surface area contributed by atoms with Gasteiger partial charge in [-0.2, -0.15) is 0 Å². The van der Waals surface area contributed by atoms with Crippen LogP contribution in [-0.2, 0) is 4.79 Å². The lowest BCUT2D eigenvalue weighted by Gasteiger charge is -2.20. The number of nitrogens with zero attached hydrogens (tertiary/aromatic N) is 1. The van der Waals surface area contributed by atoms with Crippen molar-refractivity contribution in [1.29, 1.82) is 0 Å². The van der Waals surface area contributed by atoms with E-state index in [1.165, 1.54) is 0 Å². The van der Waals surface area contributed by atoms with Gasteiger partial charge < -0.3 is 19.7 Å². The van der Waals surface area contributed by atoms with Crippen LogP contribution in [0.1, 0.15) is 37.0 Å². The molecular weight excluding hydrogens is 344 g/mol. The molecule has 0 aliphatic carbocycles. The molecule has 3 rings (SSSR count). The maximum Gasteiger partial charge on any atom is 0.255 e. The fourth-order valence-corrected chi connectivity index (χ4v) is 3.07. The van der Waals surface area contributed by atoms with Gasteiger partial charge in [0.05, 0.1) is 24.6 Å². The minimum absolute atomic E-state index is 0.00320. The minimum Gasteiger partial charge on any atom is -0.493 e. The number of hydrogen-bond acceptors (Lipinski definition) is 4. The highest BCUT2D eigenvalue weighted by molar-refractivity contribution is 6.08. The number of hydrogen-bond donors (Lipinski definition) is 1. The summed E-state index contributed by atoms with van der Waals surface area (Å²) in [7, 11) is 1.54. The average molecular weight is 368 g/mol. The molecule has 1 aliphatic heterocycles. The largest absolute Gasteiger partial charge is 0.493 e. The van der Waals surface area contributed by atoms with Gasteiger partial charge in [0.2, 0.25) is 5.91 Å². The molecule has 1 saturated heterocycles. The smallest absolute Gasteiger partial charge is 0.255 e. The molecule has 0 unspecified atom stereocenters. The summed E-state index contributed by atoms with van der Waals surface area (Å²) in [5, 5.41) is 2.91. The molecule has 27 heavy (non-hydrogen) atoms. The van der Waals surface area contributed by atoms with Gasteiger partial charge in [-0.25, -0.2) is 0 Å². The molecule has 142 valence electrons. The van der Waals surface area contributed by atoms with E-state index in [2.05, 4.69) is 5.32 Å². The molecule has 0 radical (unpaired) electrons. The van der Waals surface area contributed by atoms with Crippen molar-refractivity contribution in [3.63, 3.8) is 0 Å².